The van der Waals surface area contributed by atoms with E-state index in [4.69, 9.17) is 0 Å². The Bertz CT molecular complexity index is 1080. The van der Waals surface area contributed by atoms with Crippen LogP contribution in [0.5, 0.6) is 0 Å². The van der Waals surface area contributed by atoms with E-state index in [1.807, 2.05) is 72.5 Å². The van der Waals surface area contributed by atoms with Crippen molar-refractivity contribution in [2.75, 3.05) is 5.32 Å². The van der Waals surface area contributed by atoms with Crippen molar-refractivity contribution < 1.29 is 4.79 Å². The second-order valence-corrected chi connectivity index (χ2v) is 7.17. The van der Waals surface area contributed by atoms with Crippen molar-refractivity contribution in [1.29, 1.82) is 0 Å². The molecule has 0 unspecified atom stereocenters. The number of imidazole rings is 1. The first-order valence-corrected chi connectivity index (χ1v) is 9.41. The largest absolute Gasteiger partial charge is 0.306 e. The van der Waals surface area contributed by atoms with E-state index < -0.39 is 0 Å². The van der Waals surface area contributed by atoms with Crippen molar-refractivity contribution in [3.8, 4) is 16.9 Å². The Morgan fingerprint density at radius 3 is 2.59 bits per heavy atom. The summed E-state index contributed by atoms with van der Waals surface area (Å²) < 4.78 is 1.94. The Kier molecular flexibility index (Phi) is 4.56. The number of aromatic nitrogens is 3. The highest BCUT2D eigenvalue weighted by Gasteiger charge is 2.11. The van der Waals surface area contributed by atoms with Crippen LogP contribution in [0.4, 0.5) is 5.13 Å². The van der Waals surface area contributed by atoms with Gasteiger partial charge in [0.15, 0.2) is 5.13 Å². The molecule has 1 N–H and O–H groups in total. The first-order valence-electron chi connectivity index (χ1n) is 8.53. The molecule has 0 fully saturated rings. The van der Waals surface area contributed by atoms with Gasteiger partial charge in [-0.3, -0.25) is 10.1 Å². The lowest BCUT2D eigenvalue weighted by Gasteiger charge is -2.05. The van der Waals surface area contributed by atoms with Gasteiger partial charge < -0.3 is 4.57 Å². The summed E-state index contributed by atoms with van der Waals surface area (Å²) in [6.07, 6.45) is 5.41. The quantitative estimate of drug-likeness (QED) is 0.555. The number of nitrogens with zero attached hydrogens (tertiary/aromatic N) is 3. The number of carbonyl (C=O) groups is 1. The van der Waals surface area contributed by atoms with Gasteiger partial charge in [0.1, 0.15) is 0 Å². The van der Waals surface area contributed by atoms with E-state index in [-0.39, 0.29) is 5.91 Å². The van der Waals surface area contributed by atoms with Gasteiger partial charge >= 0.3 is 0 Å². The summed E-state index contributed by atoms with van der Waals surface area (Å²) in [7, 11) is 0. The third kappa shape index (κ3) is 3.66. The zero-order valence-corrected chi connectivity index (χ0v) is 15.8. The van der Waals surface area contributed by atoms with Gasteiger partial charge in [-0.05, 0) is 49.2 Å². The van der Waals surface area contributed by atoms with Crippen LogP contribution in [0.3, 0.4) is 0 Å². The monoisotopic (exact) mass is 374 g/mol. The van der Waals surface area contributed by atoms with Gasteiger partial charge in [-0.1, -0.05) is 18.2 Å². The molecule has 0 spiro atoms. The SMILES string of the molecule is Cc1ccc(C(=O)Nc2nc(-c3ccc(-n4ccnc4)cc3)cs2)cc1C. The summed E-state index contributed by atoms with van der Waals surface area (Å²) >= 11 is 1.42. The molecule has 0 bridgehead atoms. The third-order valence-corrected chi connectivity index (χ3v) is 5.22. The second-order valence-electron chi connectivity index (χ2n) is 6.31. The Morgan fingerprint density at radius 1 is 1.07 bits per heavy atom. The van der Waals surface area contributed by atoms with Crippen LogP contribution in [0.15, 0.2) is 66.6 Å². The van der Waals surface area contributed by atoms with Crippen molar-refractivity contribution in [1.82, 2.24) is 14.5 Å². The molecule has 27 heavy (non-hydrogen) atoms. The molecule has 2 aromatic heterocycles. The van der Waals surface area contributed by atoms with Crippen molar-refractivity contribution in [2.45, 2.75) is 13.8 Å². The predicted octanol–water partition coefficient (Wildman–Crippen LogP) is 4.86. The standard InChI is InChI=1S/C21H18N4OS/c1-14-3-4-17(11-15(14)2)20(26)24-21-23-19(12-27-21)16-5-7-18(8-6-16)25-10-9-22-13-25/h3-13H,1-2H3,(H,23,24,26). The van der Waals surface area contributed by atoms with Gasteiger partial charge in [0.2, 0.25) is 0 Å². The van der Waals surface area contributed by atoms with Crippen LogP contribution in [0.25, 0.3) is 16.9 Å². The Balaban J connectivity index is 1.49. The fourth-order valence-corrected chi connectivity index (χ4v) is 3.45. The van der Waals surface area contributed by atoms with E-state index in [9.17, 15) is 4.79 Å². The van der Waals surface area contributed by atoms with Crippen LogP contribution in [0.2, 0.25) is 0 Å². The highest BCUT2D eigenvalue weighted by Crippen LogP contribution is 2.26. The average molecular weight is 374 g/mol. The summed E-state index contributed by atoms with van der Waals surface area (Å²) in [4.78, 5) is 21.0. The van der Waals surface area contributed by atoms with E-state index in [1.54, 1.807) is 12.5 Å². The number of benzene rings is 2. The minimum Gasteiger partial charge on any atom is -0.306 e. The summed E-state index contributed by atoms with van der Waals surface area (Å²) in [5.41, 5.74) is 5.78. The average Bonchev–Trinajstić information content (AvgIpc) is 3.36. The summed E-state index contributed by atoms with van der Waals surface area (Å²) in [5.74, 6) is -0.144. The minimum absolute atomic E-state index is 0.144. The fraction of sp³-hybridized carbons (Fsp3) is 0.0952. The number of thiazole rings is 1. The first-order chi connectivity index (χ1) is 13.1. The van der Waals surface area contributed by atoms with Crippen LogP contribution in [0.1, 0.15) is 21.5 Å². The summed E-state index contributed by atoms with van der Waals surface area (Å²) in [5, 5.41) is 5.42. The molecule has 0 saturated carbocycles. The Labute approximate surface area is 161 Å². The maximum atomic E-state index is 12.4. The lowest BCUT2D eigenvalue weighted by Crippen LogP contribution is -2.12. The number of hydrogen-bond donors (Lipinski definition) is 1. The van der Waals surface area contributed by atoms with Crippen molar-refractivity contribution in [2.24, 2.45) is 0 Å². The third-order valence-electron chi connectivity index (χ3n) is 4.46. The maximum absolute atomic E-state index is 12.4. The van der Waals surface area contributed by atoms with Gasteiger partial charge in [-0.2, -0.15) is 0 Å². The van der Waals surface area contributed by atoms with E-state index in [0.717, 1.165) is 22.5 Å². The van der Waals surface area contributed by atoms with Crippen LogP contribution < -0.4 is 5.32 Å². The second kappa shape index (κ2) is 7.17. The van der Waals surface area contributed by atoms with Crippen LogP contribution in [-0.4, -0.2) is 20.4 Å². The molecule has 134 valence electrons. The number of aryl methyl sites for hydroxylation is 2. The Morgan fingerprint density at radius 2 is 1.89 bits per heavy atom. The molecule has 0 radical (unpaired) electrons. The van der Waals surface area contributed by atoms with Gasteiger partial charge in [-0.25, -0.2) is 9.97 Å². The lowest BCUT2D eigenvalue weighted by molar-refractivity contribution is 0.102. The molecule has 0 atom stereocenters. The number of nitrogens with one attached hydrogen (secondary N) is 1. The van der Waals surface area contributed by atoms with Gasteiger partial charge in [-0.15, -0.1) is 11.3 Å². The molecule has 2 heterocycles. The van der Waals surface area contributed by atoms with E-state index in [1.165, 1.54) is 16.9 Å². The molecule has 0 aliphatic heterocycles. The predicted molar refractivity (Wildman–Crippen MR) is 109 cm³/mol. The lowest BCUT2D eigenvalue weighted by atomic mass is 10.1. The van der Waals surface area contributed by atoms with Crippen LogP contribution in [0, 0.1) is 13.8 Å². The topological polar surface area (TPSA) is 59.8 Å². The molecule has 1 amide bonds. The molecule has 4 aromatic rings. The van der Waals surface area contributed by atoms with E-state index >= 15 is 0 Å². The molecule has 6 heteroatoms. The summed E-state index contributed by atoms with van der Waals surface area (Å²) in [6, 6.07) is 13.8. The smallest absolute Gasteiger partial charge is 0.257 e. The van der Waals surface area contributed by atoms with E-state index in [2.05, 4.69) is 15.3 Å². The van der Waals surface area contributed by atoms with Crippen molar-refractivity contribution >= 4 is 22.4 Å². The molecule has 5 nitrogen and oxygen atoms in total. The number of amides is 1. The van der Waals surface area contributed by atoms with Crippen molar-refractivity contribution in [3.05, 3.63) is 83.3 Å². The molecular formula is C21H18N4OS. The molecule has 4 rings (SSSR count). The highest BCUT2D eigenvalue weighted by atomic mass is 32.1. The zero-order chi connectivity index (χ0) is 18.8. The molecular weight excluding hydrogens is 356 g/mol. The van der Waals surface area contributed by atoms with Gasteiger partial charge in [0.25, 0.3) is 5.91 Å². The fourth-order valence-electron chi connectivity index (χ4n) is 2.73. The van der Waals surface area contributed by atoms with E-state index in [0.29, 0.717) is 10.7 Å². The number of rotatable bonds is 4. The normalized spacial score (nSPS) is 10.7. The van der Waals surface area contributed by atoms with Gasteiger partial charge in [0, 0.05) is 34.6 Å². The van der Waals surface area contributed by atoms with Gasteiger partial charge in [0.05, 0.1) is 12.0 Å². The summed E-state index contributed by atoms with van der Waals surface area (Å²) in [6.45, 7) is 4.03. The zero-order valence-electron chi connectivity index (χ0n) is 15.0. The number of carbonyl (C=O) groups excluding carboxylic acids is 1. The first kappa shape index (κ1) is 17.2. The van der Waals surface area contributed by atoms with Crippen LogP contribution in [-0.2, 0) is 0 Å². The maximum Gasteiger partial charge on any atom is 0.257 e. The molecule has 2 aromatic carbocycles. The highest BCUT2D eigenvalue weighted by molar-refractivity contribution is 7.14. The molecule has 0 aliphatic rings. The number of anilines is 1. The Hall–Kier alpha value is -3.25. The van der Waals surface area contributed by atoms with Crippen LogP contribution >= 0.6 is 11.3 Å². The molecule has 0 saturated heterocycles. The molecule has 0 aliphatic carbocycles. The number of hydrogen-bond acceptors (Lipinski definition) is 4. The van der Waals surface area contributed by atoms with Crippen molar-refractivity contribution in [3.63, 3.8) is 0 Å². The minimum atomic E-state index is -0.144.